The fraction of sp³-hybridized carbons (Fsp3) is 0.464. The third kappa shape index (κ3) is 8.16. The molecule has 1 amide bonds. The highest BCUT2D eigenvalue weighted by Crippen LogP contribution is 2.25. The number of carbonyl (C=O) groups is 3. The highest BCUT2D eigenvalue weighted by Gasteiger charge is 2.39. The summed E-state index contributed by atoms with van der Waals surface area (Å²) in [6, 6.07) is 20.5. The molecule has 178 valence electrons. The summed E-state index contributed by atoms with van der Waals surface area (Å²) in [4.78, 5) is 36.5. The number of aryl methyl sites for hydroxylation is 2. The van der Waals surface area contributed by atoms with Gasteiger partial charge in [0.15, 0.2) is 0 Å². The minimum atomic E-state index is -1.02. The summed E-state index contributed by atoms with van der Waals surface area (Å²) in [6.07, 6.45) is 6.12. The maximum atomic E-state index is 12.1. The normalized spacial score (nSPS) is 15.8. The van der Waals surface area contributed by atoms with E-state index < -0.39 is 29.1 Å². The quantitative estimate of drug-likeness (QED) is 0.551. The van der Waals surface area contributed by atoms with Gasteiger partial charge in [0.05, 0.1) is 0 Å². The lowest BCUT2D eigenvalue weighted by Gasteiger charge is -2.34. The zero-order valence-corrected chi connectivity index (χ0v) is 20.1. The number of ketones is 1. The van der Waals surface area contributed by atoms with Crippen LogP contribution in [0.15, 0.2) is 60.7 Å². The number of Topliss-reactive ketones (excluding diaryl/α,β-unsaturated/α-hetero) is 1. The Morgan fingerprint density at radius 2 is 1.42 bits per heavy atom. The number of aliphatic carboxylic acids is 1. The molecular weight excluding hydrogens is 414 g/mol. The number of nitrogens with zero attached hydrogens (tertiary/aromatic N) is 1. The zero-order chi connectivity index (χ0) is 24.3. The van der Waals surface area contributed by atoms with Crippen LogP contribution in [0, 0.1) is 5.41 Å². The second-order valence-electron chi connectivity index (χ2n) is 9.24. The van der Waals surface area contributed by atoms with Gasteiger partial charge < -0.3 is 10.0 Å². The van der Waals surface area contributed by atoms with E-state index in [0.29, 0.717) is 19.4 Å². The van der Waals surface area contributed by atoms with E-state index in [1.165, 1.54) is 35.3 Å². The third-order valence-electron chi connectivity index (χ3n) is 6.36. The fourth-order valence-electron chi connectivity index (χ4n) is 3.80. The van der Waals surface area contributed by atoms with Crippen molar-refractivity contribution < 1.29 is 19.5 Å². The smallest absolute Gasteiger partial charge is 0.326 e. The summed E-state index contributed by atoms with van der Waals surface area (Å²) in [5.41, 5.74) is 2.15. The summed E-state index contributed by atoms with van der Waals surface area (Å²) in [7, 11) is 0. The van der Waals surface area contributed by atoms with Crippen LogP contribution in [0.2, 0.25) is 0 Å². The summed E-state index contributed by atoms with van der Waals surface area (Å²) in [6.45, 7) is 5.64. The van der Waals surface area contributed by atoms with Crippen LogP contribution < -0.4 is 0 Å². The molecular formula is C28H37NO4. The third-order valence-corrected chi connectivity index (χ3v) is 6.36. The molecule has 0 saturated carbocycles. The van der Waals surface area contributed by atoms with Crippen LogP contribution in [-0.4, -0.2) is 40.3 Å². The monoisotopic (exact) mass is 451 g/mol. The number of carbonyl (C=O) groups excluding carboxylic acids is 2. The number of hydrogen-bond donors (Lipinski definition) is 1. The molecule has 3 rings (SSSR count). The number of likely N-dealkylation sites (tertiary alicyclic amines) is 1. The molecule has 1 aliphatic rings. The number of benzene rings is 2. The minimum absolute atomic E-state index is 0.362. The Kier molecular flexibility index (Phi) is 10.3. The van der Waals surface area contributed by atoms with Gasteiger partial charge in [-0.25, -0.2) is 4.79 Å². The van der Waals surface area contributed by atoms with Crippen molar-refractivity contribution in [1.82, 2.24) is 4.90 Å². The molecule has 2 aromatic rings. The standard InChI is InChI=1S/C15H16.C13H21NO4/c1-3-8-14(9-4-1)12-7-13-15-10-5-2-6-11-15;1-4-13(2,3)10(15)11(16)14-8-6-5-7-9(14)12(17)18/h1-6,8-11H,7,12-13H2;9H,4-8H2,1-3H3,(H,17,18)/t;9-/m.0/s1. The van der Waals surface area contributed by atoms with Gasteiger partial charge in [0, 0.05) is 12.0 Å². The Morgan fingerprint density at radius 1 is 0.909 bits per heavy atom. The van der Waals surface area contributed by atoms with Gasteiger partial charge >= 0.3 is 5.97 Å². The van der Waals surface area contributed by atoms with Crippen LogP contribution in [0.4, 0.5) is 0 Å². The van der Waals surface area contributed by atoms with E-state index in [2.05, 4.69) is 60.7 Å². The molecule has 0 aromatic heterocycles. The molecule has 0 radical (unpaired) electrons. The van der Waals surface area contributed by atoms with Crippen molar-refractivity contribution in [2.45, 2.75) is 71.8 Å². The summed E-state index contributed by atoms with van der Waals surface area (Å²) < 4.78 is 0. The SMILES string of the molecule is CCC(C)(C)C(=O)C(=O)N1CCCC[C@H]1C(=O)O.c1ccc(CCCc2ccccc2)cc1. The van der Waals surface area contributed by atoms with Crippen LogP contribution in [-0.2, 0) is 27.2 Å². The number of carboxylic acid groups (broad SMARTS) is 1. The number of hydrogen-bond acceptors (Lipinski definition) is 3. The van der Waals surface area contributed by atoms with Crippen molar-refractivity contribution in [2.75, 3.05) is 6.54 Å². The van der Waals surface area contributed by atoms with Crippen molar-refractivity contribution in [3.05, 3.63) is 71.8 Å². The van der Waals surface area contributed by atoms with Gasteiger partial charge in [0.25, 0.3) is 5.91 Å². The minimum Gasteiger partial charge on any atom is -0.480 e. The van der Waals surface area contributed by atoms with Crippen molar-refractivity contribution in [1.29, 1.82) is 0 Å². The molecule has 0 bridgehead atoms. The summed E-state index contributed by atoms with van der Waals surface area (Å²) >= 11 is 0. The maximum absolute atomic E-state index is 12.1. The van der Waals surface area contributed by atoms with Gasteiger partial charge in [0.2, 0.25) is 5.78 Å². The summed E-state index contributed by atoms with van der Waals surface area (Å²) in [5.74, 6) is -2.16. The van der Waals surface area contributed by atoms with E-state index in [9.17, 15) is 14.4 Å². The molecule has 5 nitrogen and oxygen atoms in total. The lowest BCUT2D eigenvalue weighted by atomic mass is 9.84. The zero-order valence-electron chi connectivity index (χ0n) is 20.1. The van der Waals surface area contributed by atoms with Gasteiger partial charge in [-0.05, 0) is 56.1 Å². The molecule has 1 N–H and O–H groups in total. The number of amides is 1. The van der Waals surface area contributed by atoms with E-state index in [1.54, 1.807) is 13.8 Å². The molecule has 1 aliphatic heterocycles. The average molecular weight is 452 g/mol. The molecule has 1 fully saturated rings. The van der Waals surface area contributed by atoms with E-state index in [0.717, 1.165) is 12.8 Å². The van der Waals surface area contributed by atoms with Crippen LogP contribution in [0.5, 0.6) is 0 Å². The van der Waals surface area contributed by atoms with Crippen LogP contribution in [0.25, 0.3) is 0 Å². The second kappa shape index (κ2) is 12.9. The largest absolute Gasteiger partial charge is 0.480 e. The van der Waals surface area contributed by atoms with E-state index in [-0.39, 0.29) is 0 Å². The first-order valence-corrected chi connectivity index (χ1v) is 11.9. The Balaban J connectivity index is 0.000000237. The van der Waals surface area contributed by atoms with Gasteiger partial charge in [-0.3, -0.25) is 9.59 Å². The molecule has 1 saturated heterocycles. The molecule has 1 atom stereocenters. The molecule has 2 aromatic carbocycles. The first kappa shape index (κ1) is 26.3. The average Bonchev–Trinajstić information content (AvgIpc) is 2.85. The van der Waals surface area contributed by atoms with Gasteiger partial charge in [0.1, 0.15) is 6.04 Å². The Labute approximate surface area is 197 Å². The molecule has 0 aliphatic carbocycles. The lowest BCUT2D eigenvalue weighted by Crippen LogP contribution is -2.52. The van der Waals surface area contributed by atoms with Crippen molar-refractivity contribution in [3.63, 3.8) is 0 Å². The predicted molar refractivity (Wildman–Crippen MR) is 131 cm³/mol. The van der Waals surface area contributed by atoms with Crippen molar-refractivity contribution in [2.24, 2.45) is 5.41 Å². The Morgan fingerprint density at radius 3 is 1.88 bits per heavy atom. The van der Waals surface area contributed by atoms with Gasteiger partial charge in [-0.2, -0.15) is 0 Å². The Hall–Kier alpha value is -2.95. The number of carboxylic acids is 1. The van der Waals surface area contributed by atoms with Gasteiger partial charge in [-0.1, -0.05) is 81.4 Å². The molecule has 5 heteroatoms. The molecule has 0 unspecified atom stereocenters. The van der Waals surface area contributed by atoms with Gasteiger partial charge in [-0.15, -0.1) is 0 Å². The Bertz CT molecular complexity index is 853. The first-order chi connectivity index (χ1) is 15.8. The number of piperidine rings is 1. The van der Waals surface area contributed by atoms with Crippen molar-refractivity contribution in [3.8, 4) is 0 Å². The second-order valence-corrected chi connectivity index (χ2v) is 9.24. The first-order valence-electron chi connectivity index (χ1n) is 11.9. The molecule has 0 spiro atoms. The number of rotatable bonds is 8. The summed E-state index contributed by atoms with van der Waals surface area (Å²) in [5, 5.41) is 9.09. The highest BCUT2D eigenvalue weighted by molar-refractivity contribution is 6.38. The maximum Gasteiger partial charge on any atom is 0.326 e. The predicted octanol–water partition coefficient (Wildman–Crippen LogP) is 5.32. The lowest BCUT2D eigenvalue weighted by molar-refractivity contribution is -0.158. The molecule has 33 heavy (non-hydrogen) atoms. The van der Waals surface area contributed by atoms with Crippen LogP contribution >= 0.6 is 0 Å². The molecule has 1 heterocycles. The van der Waals surface area contributed by atoms with Crippen LogP contribution in [0.3, 0.4) is 0 Å². The van der Waals surface area contributed by atoms with E-state index in [4.69, 9.17) is 5.11 Å². The fourth-order valence-corrected chi connectivity index (χ4v) is 3.80. The van der Waals surface area contributed by atoms with Crippen LogP contribution in [0.1, 0.15) is 64.0 Å². The topological polar surface area (TPSA) is 74.7 Å². The van der Waals surface area contributed by atoms with E-state index >= 15 is 0 Å². The highest BCUT2D eigenvalue weighted by atomic mass is 16.4. The van der Waals surface area contributed by atoms with Crippen molar-refractivity contribution >= 4 is 17.7 Å². The van der Waals surface area contributed by atoms with E-state index in [1.807, 2.05) is 6.92 Å².